The van der Waals surface area contributed by atoms with E-state index in [1.807, 2.05) is 33.2 Å². The van der Waals surface area contributed by atoms with Crippen molar-refractivity contribution in [3.63, 3.8) is 0 Å². The minimum atomic E-state index is -3.75. The fourth-order valence-corrected chi connectivity index (χ4v) is 8.22. The van der Waals surface area contributed by atoms with Crippen molar-refractivity contribution < 1.29 is 17.9 Å². The van der Waals surface area contributed by atoms with Crippen LogP contribution in [0.25, 0.3) is 10.2 Å². The number of anilines is 1. The summed E-state index contributed by atoms with van der Waals surface area (Å²) >= 11 is 2.64. The monoisotopic (exact) mass is 536 g/mol. The van der Waals surface area contributed by atoms with Gasteiger partial charge in [0.1, 0.15) is 21.5 Å². The van der Waals surface area contributed by atoms with Crippen molar-refractivity contribution in [1.29, 1.82) is 0 Å². The first-order valence-electron chi connectivity index (χ1n) is 11.7. The first kappa shape index (κ1) is 26.0. The molecular weight excluding hydrogens is 504 g/mol. The Hall–Kier alpha value is -2.05. The number of thiophene rings is 1. The SMILES string of the molecule is COc1ccc(C)c2sc(N(CCCN(C)C)C(=O)C3CCCCN3S(=O)(=O)c3cccs3)nc12. The van der Waals surface area contributed by atoms with Crippen molar-refractivity contribution in [2.24, 2.45) is 0 Å². The van der Waals surface area contributed by atoms with Gasteiger partial charge in [-0.05, 0) is 69.9 Å². The normalized spacial score (nSPS) is 17.2. The second-order valence-corrected chi connectivity index (χ2v) is 13.0. The molecule has 0 radical (unpaired) electrons. The number of amides is 1. The molecular formula is C24H32N4O4S3. The fraction of sp³-hybridized carbons (Fsp3) is 0.500. The molecule has 0 saturated carbocycles. The number of carbonyl (C=O) groups excluding carboxylic acids is 1. The third-order valence-corrected chi connectivity index (χ3v) is 10.7. The Morgan fingerprint density at radius 1 is 1.23 bits per heavy atom. The van der Waals surface area contributed by atoms with Gasteiger partial charge in [-0.3, -0.25) is 9.69 Å². The second kappa shape index (κ2) is 10.9. The molecule has 2 aromatic heterocycles. The number of nitrogens with zero attached hydrogens (tertiary/aromatic N) is 4. The van der Waals surface area contributed by atoms with E-state index in [-0.39, 0.29) is 10.1 Å². The topological polar surface area (TPSA) is 83.0 Å². The molecule has 4 rings (SSSR count). The smallest absolute Gasteiger partial charge is 0.253 e. The van der Waals surface area contributed by atoms with Crippen LogP contribution in [0.15, 0.2) is 33.9 Å². The predicted molar refractivity (Wildman–Crippen MR) is 142 cm³/mol. The molecule has 3 heterocycles. The molecule has 0 N–H and O–H groups in total. The molecule has 1 atom stereocenters. The van der Waals surface area contributed by atoms with Crippen LogP contribution in [0.2, 0.25) is 0 Å². The largest absolute Gasteiger partial charge is 0.494 e. The Morgan fingerprint density at radius 2 is 2.03 bits per heavy atom. The number of benzene rings is 1. The highest BCUT2D eigenvalue weighted by molar-refractivity contribution is 7.91. The van der Waals surface area contributed by atoms with E-state index in [9.17, 15) is 13.2 Å². The van der Waals surface area contributed by atoms with Crippen LogP contribution in [0.5, 0.6) is 5.75 Å². The first-order chi connectivity index (χ1) is 16.7. The minimum Gasteiger partial charge on any atom is -0.494 e. The number of rotatable bonds is 9. The van der Waals surface area contributed by atoms with Gasteiger partial charge in [-0.15, -0.1) is 11.3 Å². The van der Waals surface area contributed by atoms with Gasteiger partial charge in [0.2, 0.25) is 5.91 Å². The van der Waals surface area contributed by atoms with Crippen molar-refractivity contribution in [1.82, 2.24) is 14.2 Å². The van der Waals surface area contributed by atoms with Gasteiger partial charge in [-0.1, -0.05) is 29.9 Å². The van der Waals surface area contributed by atoms with Crippen molar-refractivity contribution in [2.75, 3.05) is 45.7 Å². The number of carbonyl (C=O) groups is 1. The maximum Gasteiger partial charge on any atom is 0.253 e. The molecule has 1 aliphatic rings. The van der Waals surface area contributed by atoms with E-state index in [1.54, 1.807) is 29.5 Å². The van der Waals surface area contributed by atoms with Gasteiger partial charge in [-0.25, -0.2) is 13.4 Å². The quantitative estimate of drug-likeness (QED) is 0.408. The molecule has 0 bridgehead atoms. The lowest BCUT2D eigenvalue weighted by Gasteiger charge is -2.36. The molecule has 0 aliphatic carbocycles. The lowest BCUT2D eigenvalue weighted by Crippen LogP contribution is -2.53. The highest BCUT2D eigenvalue weighted by atomic mass is 32.2. The number of fused-ring (bicyclic) bond motifs is 1. The number of methoxy groups -OCH3 is 1. The van der Waals surface area contributed by atoms with E-state index in [4.69, 9.17) is 9.72 Å². The summed E-state index contributed by atoms with van der Waals surface area (Å²) < 4.78 is 35.0. The van der Waals surface area contributed by atoms with Gasteiger partial charge in [0, 0.05) is 13.1 Å². The Morgan fingerprint density at radius 3 is 2.71 bits per heavy atom. The molecule has 1 saturated heterocycles. The van der Waals surface area contributed by atoms with Crippen LogP contribution in [0.1, 0.15) is 31.2 Å². The maximum absolute atomic E-state index is 14.1. The Kier molecular flexibility index (Phi) is 8.12. The lowest BCUT2D eigenvalue weighted by molar-refractivity contribution is -0.123. The van der Waals surface area contributed by atoms with E-state index in [2.05, 4.69) is 4.90 Å². The Balaban J connectivity index is 1.72. The molecule has 1 fully saturated rings. The van der Waals surface area contributed by atoms with Gasteiger partial charge in [-0.2, -0.15) is 4.31 Å². The summed E-state index contributed by atoms with van der Waals surface area (Å²) in [5.41, 5.74) is 1.79. The number of aryl methyl sites for hydroxylation is 1. The van der Waals surface area contributed by atoms with E-state index >= 15 is 0 Å². The third kappa shape index (κ3) is 5.39. The van der Waals surface area contributed by atoms with Gasteiger partial charge in [0.15, 0.2) is 5.13 Å². The van der Waals surface area contributed by atoms with Crippen LogP contribution in [-0.2, 0) is 14.8 Å². The van der Waals surface area contributed by atoms with E-state index in [1.165, 1.54) is 27.0 Å². The summed E-state index contributed by atoms with van der Waals surface area (Å²) in [6.07, 6.45) is 2.80. The zero-order chi connectivity index (χ0) is 25.2. The summed E-state index contributed by atoms with van der Waals surface area (Å²) in [5.74, 6) is 0.451. The number of hydrogen-bond acceptors (Lipinski definition) is 8. The summed E-state index contributed by atoms with van der Waals surface area (Å²) in [6.45, 7) is 3.62. The first-order valence-corrected chi connectivity index (χ1v) is 14.8. The number of sulfonamides is 1. The molecule has 8 nitrogen and oxygen atoms in total. The van der Waals surface area contributed by atoms with Crippen LogP contribution >= 0.6 is 22.7 Å². The summed E-state index contributed by atoms with van der Waals surface area (Å²) in [4.78, 5) is 22.6. The highest BCUT2D eigenvalue weighted by Gasteiger charge is 2.40. The van der Waals surface area contributed by atoms with Crippen molar-refractivity contribution in [3.05, 3.63) is 35.2 Å². The van der Waals surface area contributed by atoms with Crippen molar-refractivity contribution >= 4 is 54.0 Å². The molecule has 0 spiro atoms. The van der Waals surface area contributed by atoms with E-state index < -0.39 is 16.1 Å². The van der Waals surface area contributed by atoms with Crippen LogP contribution in [0.3, 0.4) is 0 Å². The number of aromatic nitrogens is 1. The molecule has 11 heteroatoms. The molecule has 1 unspecified atom stereocenters. The van der Waals surface area contributed by atoms with Gasteiger partial charge in [0.25, 0.3) is 10.0 Å². The molecule has 3 aromatic rings. The number of ether oxygens (including phenoxy) is 1. The average Bonchev–Trinajstić information content (AvgIpc) is 3.53. The summed E-state index contributed by atoms with van der Waals surface area (Å²) in [7, 11) is 1.85. The number of hydrogen-bond donors (Lipinski definition) is 0. The number of piperidine rings is 1. The molecule has 1 amide bonds. The zero-order valence-electron chi connectivity index (χ0n) is 20.6. The number of thiazole rings is 1. The van der Waals surface area contributed by atoms with Gasteiger partial charge < -0.3 is 9.64 Å². The molecule has 190 valence electrons. The summed E-state index contributed by atoms with van der Waals surface area (Å²) in [6, 6.07) is 6.45. The van der Waals surface area contributed by atoms with Crippen molar-refractivity contribution in [2.45, 2.75) is 42.9 Å². The second-order valence-electron chi connectivity index (χ2n) is 8.97. The average molecular weight is 537 g/mol. The zero-order valence-corrected chi connectivity index (χ0v) is 23.0. The van der Waals surface area contributed by atoms with Crippen LogP contribution < -0.4 is 9.64 Å². The molecule has 1 aliphatic heterocycles. The Labute approximate surface area is 215 Å². The van der Waals surface area contributed by atoms with E-state index in [0.717, 1.165) is 41.6 Å². The van der Waals surface area contributed by atoms with E-state index in [0.29, 0.717) is 30.4 Å². The van der Waals surface area contributed by atoms with Gasteiger partial charge in [0.05, 0.1) is 11.8 Å². The Bertz CT molecular complexity index is 1270. The molecule has 35 heavy (non-hydrogen) atoms. The fourth-order valence-electron chi connectivity index (χ4n) is 4.37. The van der Waals surface area contributed by atoms with Gasteiger partial charge >= 0.3 is 0 Å². The van der Waals surface area contributed by atoms with Crippen LogP contribution in [0, 0.1) is 6.92 Å². The predicted octanol–water partition coefficient (Wildman–Crippen LogP) is 4.20. The van der Waals surface area contributed by atoms with Crippen LogP contribution in [-0.4, -0.2) is 75.4 Å². The lowest BCUT2D eigenvalue weighted by atomic mass is 10.0. The standard InChI is InChI=1S/C24H32N4O4S3/c1-17-11-12-19(32-4)21-22(17)34-24(25-21)27(14-8-13-26(2)3)23(29)18-9-5-6-15-28(18)35(30,31)20-10-7-16-33-20/h7,10-12,16,18H,5-6,8-9,13-15H2,1-4H3. The van der Waals surface area contributed by atoms with Crippen molar-refractivity contribution in [3.8, 4) is 5.75 Å². The van der Waals surface area contributed by atoms with Crippen LogP contribution in [0.4, 0.5) is 5.13 Å². The maximum atomic E-state index is 14.1. The summed E-state index contributed by atoms with van der Waals surface area (Å²) in [5, 5.41) is 2.33. The molecule has 1 aromatic carbocycles. The minimum absolute atomic E-state index is 0.209. The third-order valence-electron chi connectivity index (χ3n) is 6.19. The highest BCUT2D eigenvalue weighted by Crippen LogP contribution is 2.37.